The molecule has 0 radical (unpaired) electrons. The fourth-order valence-corrected chi connectivity index (χ4v) is 3.43. The number of hydrogen-bond acceptors (Lipinski definition) is 4. The van der Waals surface area contributed by atoms with Crippen molar-refractivity contribution in [2.24, 2.45) is 0 Å². The van der Waals surface area contributed by atoms with Crippen LogP contribution in [0.4, 0.5) is 0 Å². The Hall–Kier alpha value is -2.33. The van der Waals surface area contributed by atoms with Crippen molar-refractivity contribution in [2.75, 3.05) is 0 Å². The van der Waals surface area contributed by atoms with Gasteiger partial charge < -0.3 is 4.74 Å². The zero-order chi connectivity index (χ0) is 18.9. The van der Waals surface area contributed by atoms with Crippen LogP contribution in [0.15, 0.2) is 48.0 Å². The van der Waals surface area contributed by atoms with E-state index in [4.69, 9.17) is 16.3 Å². The van der Waals surface area contributed by atoms with Gasteiger partial charge in [0, 0.05) is 22.7 Å². The number of rotatable bonds is 4. The molecule has 0 atom stereocenters. The lowest BCUT2D eigenvalue weighted by Crippen LogP contribution is -2.34. The molecule has 0 bridgehead atoms. The predicted molar refractivity (Wildman–Crippen MR) is 101 cm³/mol. The van der Waals surface area contributed by atoms with Gasteiger partial charge in [-0.15, -0.1) is 0 Å². The normalized spacial score (nSPS) is 15.3. The molecule has 5 nitrogen and oxygen atoms in total. The van der Waals surface area contributed by atoms with Gasteiger partial charge in [0.1, 0.15) is 11.4 Å². The SMILES string of the molecule is CC1(C)Oc2cc(CN[SH](=O)=O)ccc2C(c2ccc(Cl)cc2)=C1C#N. The molecule has 0 saturated carbocycles. The number of hydrogen-bond donors (Lipinski definition) is 2. The Morgan fingerprint density at radius 3 is 2.50 bits per heavy atom. The molecule has 0 unspecified atom stereocenters. The summed E-state index contributed by atoms with van der Waals surface area (Å²) < 4.78 is 29.9. The Bertz CT molecular complexity index is 994. The number of nitriles is 1. The summed E-state index contributed by atoms with van der Waals surface area (Å²) in [5.41, 5.74) is 2.95. The first kappa shape index (κ1) is 18.5. The second-order valence-electron chi connectivity index (χ2n) is 6.40. The van der Waals surface area contributed by atoms with E-state index >= 15 is 0 Å². The topological polar surface area (TPSA) is 79.2 Å². The summed E-state index contributed by atoms with van der Waals surface area (Å²) in [6.07, 6.45) is 0. The second-order valence-corrected chi connectivity index (χ2v) is 7.67. The summed E-state index contributed by atoms with van der Waals surface area (Å²) in [7, 11) is -2.67. The van der Waals surface area contributed by atoms with E-state index in [9.17, 15) is 13.7 Å². The van der Waals surface area contributed by atoms with Crippen LogP contribution in [-0.2, 0) is 17.4 Å². The highest BCUT2D eigenvalue weighted by atomic mass is 35.5. The minimum absolute atomic E-state index is 0.181. The standard InChI is InChI=1S/C19H17ClN2O3S/c1-19(2)16(10-21)18(13-4-6-14(20)7-5-13)15-8-3-12(9-17(15)25-19)11-22-26(23)24/h3-9,26H,11H2,1-2H3,(H,22,23,24). The molecule has 0 aromatic heterocycles. The van der Waals surface area contributed by atoms with Gasteiger partial charge >= 0.3 is 0 Å². The van der Waals surface area contributed by atoms with E-state index in [1.165, 1.54) is 0 Å². The third-order valence-corrected chi connectivity index (χ3v) is 4.86. The predicted octanol–water partition coefficient (Wildman–Crippen LogP) is 3.45. The molecule has 1 heterocycles. The van der Waals surface area contributed by atoms with Crippen LogP contribution < -0.4 is 9.46 Å². The lowest BCUT2D eigenvalue weighted by Gasteiger charge is -2.34. The molecule has 1 aliphatic heterocycles. The van der Waals surface area contributed by atoms with Crippen molar-refractivity contribution >= 4 is 28.1 Å². The van der Waals surface area contributed by atoms with Crippen LogP contribution >= 0.6 is 11.6 Å². The third kappa shape index (κ3) is 3.61. The van der Waals surface area contributed by atoms with Crippen LogP contribution in [0, 0.1) is 11.3 Å². The van der Waals surface area contributed by atoms with Crippen molar-refractivity contribution in [3.8, 4) is 11.8 Å². The first-order valence-corrected chi connectivity index (χ1v) is 9.48. The third-order valence-electron chi connectivity index (χ3n) is 4.19. The molecule has 0 aliphatic carbocycles. The van der Waals surface area contributed by atoms with Gasteiger partial charge in [-0.2, -0.15) is 5.26 Å². The van der Waals surface area contributed by atoms with Crippen molar-refractivity contribution in [3.05, 3.63) is 69.8 Å². The maximum Gasteiger partial charge on any atom is 0.201 e. The Kier molecular flexibility index (Phi) is 5.05. The van der Waals surface area contributed by atoms with E-state index in [1.54, 1.807) is 18.2 Å². The number of ether oxygens (including phenoxy) is 1. The highest BCUT2D eigenvalue weighted by Crippen LogP contribution is 2.44. The molecule has 1 aliphatic rings. The first-order valence-electron chi connectivity index (χ1n) is 7.93. The highest BCUT2D eigenvalue weighted by molar-refractivity contribution is 7.70. The minimum atomic E-state index is -2.67. The molecule has 0 fully saturated rings. The van der Waals surface area contributed by atoms with Crippen molar-refractivity contribution in [1.82, 2.24) is 4.72 Å². The Balaban J connectivity index is 2.16. The molecule has 0 spiro atoms. The highest BCUT2D eigenvalue weighted by Gasteiger charge is 2.35. The summed E-state index contributed by atoms with van der Waals surface area (Å²) in [5, 5.41) is 10.4. The lowest BCUT2D eigenvalue weighted by molar-refractivity contribution is 0.149. The van der Waals surface area contributed by atoms with E-state index in [2.05, 4.69) is 10.8 Å². The van der Waals surface area contributed by atoms with E-state index < -0.39 is 16.5 Å². The van der Waals surface area contributed by atoms with Gasteiger partial charge in [-0.3, -0.25) is 0 Å². The quantitative estimate of drug-likeness (QED) is 0.786. The van der Waals surface area contributed by atoms with Crippen molar-refractivity contribution in [2.45, 2.75) is 26.0 Å². The van der Waals surface area contributed by atoms with Crippen LogP contribution in [0.5, 0.6) is 5.75 Å². The molecule has 2 aromatic rings. The number of halogens is 1. The monoisotopic (exact) mass is 388 g/mol. The molecular formula is C19H17ClN2O3S. The average molecular weight is 389 g/mol. The van der Waals surface area contributed by atoms with Crippen LogP contribution in [0.3, 0.4) is 0 Å². The van der Waals surface area contributed by atoms with Crippen LogP contribution in [0.2, 0.25) is 5.02 Å². The molecule has 2 aromatic carbocycles. The lowest BCUT2D eigenvalue weighted by atomic mass is 9.83. The first-order chi connectivity index (χ1) is 12.3. The summed E-state index contributed by atoms with van der Waals surface area (Å²) in [5.74, 6) is 0.611. The number of benzene rings is 2. The summed E-state index contributed by atoms with van der Waals surface area (Å²) in [6.45, 7) is 3.86. The molecule has 134 valence electrons. The Morgan fingerprint density at radius 2 is 1.88 bits per heavy atom. The zero-order valence-electron chi connectivity index (χ0n) is 14.2. The zero-order valence-corrected chi connectivity index (χ0v) is 15.9. The molecule has 0 amide bonds. The summed E-state index contributed by atoms with van der Waals surface area (Å²) in [6, 6.07) is 15.1. The van der Waals surface area contributed by atoms with Crippen molar-refractivity contribution in [3.63, 3.8) is 0 Å². The van der Waals surface area contributed by atoms with Gasteiger partial charge in [0.25, 0.3) is 0 Å². The average Bonchev–Trinajstić information content (AvgIpc) is 2.58. The number of fused-ring (bicyclic) bond motifs is 1. The van der Waals surface area contributed by atoms with Crippen LogP contribution in [0.1, 0.15) is 30.5 Å². The van der Waals surface area contributed by atoms with E-state index in [0.717, 1.165) is 22.3 Å². The maximum absolute atomic E-state index is 10.8. The molecule has 7 heteroatoms. The molecule has 1 N–H and O–H groups in total. The largest absolute Gasteiger partial charge is 0.482 e. The fraction of sp³-hybridized carbons (Fsp3) is 0.211. The van der Waals surface area contributed by atoms with E-state index in [-0.39, 0.29) is 6.54 Å². The van der Waals surface area contributed by atoms with Gasteiger partial charge in [0.05, 0.1) is 11.6 Å². The second kappa shape index (κ2) is 7.12. The summed E-state index contributed by atoms with van der Waals surface area (Å²) >= 11 is 6.00. The van der Waals surface area contributed by atoms with Crippen LogP contribution in [0.25, 0.3) is 5.57 Å². The molecule has 3 rings (SSSR count). The van der Waals surface area contributed by atoms with Crippen molar-refractivity contribution < 1.29 is 13.2 Å². The molecule has 0 saturated heterocycles. The Labute approximate surface area is 158 Å². The van der Waals surface area contributed by atoms with Crippen molar-refractivity contribution in [1.29, 1.82) is 5.26 Å². The fourth-order valence-electron chi connectivity index (χ4n) is 2.99. The smallest absolute Gasteiger partial charge is 0.201 e. The molecular weight excluding hydrogens is 372 g/mol. The van der Waals surface area contributed by atoms with Gasteiger partial charge in [-0.25, -0.2) is 13.1 Å². The number of nitrogens with zero attached hydrogens (tertiary/aromatic N) is 1. The van der Waals surface area contributed by atoms with Gasteiger partial charge in [0.2, 0.25) is 10.9 Å². The van der Waals surface area contributed by atoms with Crippen LogP contribution in [-0.4, -0.2) is 14.0 Å². The van der Waals surface area contributed by atoms with E-state index in [0.29, 0.717) is 16.3 Å². The van der Waals surface area contributed by atoms with Gasteiger partial charge in [-0.1, -0.05) is 35.9 Å². The van der Waals surface area contributed by atoms with Gasteiger partial charge in [-0.05, 0) is 43.2 Å². The minimum Gasteiger partial charge on any atom is -0.482 e. The number of thiol groups is 1. The molecule has 26 heavy (non-hydrogen) atoms. The number of nitrogens with one attached hydrogen (secondary N) is 1. The maximum atomic E-state index is 10.8. The van der Waals surface area contributed by atoms with E-state index in [1.807, 2.05) is 38.1 Å². The summed E-state index contributed by atoms with van der Waals surface area (Å²) in [4.78, 5) is 0. The Morgan fingerprint density at radius 1 is 1.19 bits per heavy atom. The van der Waals surface area contributed by atoms with Gasteiger partial charge in [0.15, 0.2) is 0 Å².